The van der Waals surface area contributed by atoms with Crippen molar-refractivity contribution in [2.24, 2.45) is 0 Å². The number of rotatable bonds is 10. The lowest BCUT2D eigenvalue weighted by Crippen LogP contribution is -2.50. The second kappa shape index (κ2) is 12.8. The molecule has 3 aromatic rings. The van der Waals surface area contributed by atoms with E-state index in [1.165, 1.54) is 11.8 Å². The fourth-order valence-electron chi connectivity index (χ4n) is 3.70. The fraction of sp³-hybridized carbons (Fsp3) is 0.259. The van der Waals surface area contributed by atoms with Gasteiger partial charge in [0.15, 0.2) is 0 Å². The Morgan fingerprint density at radius 1 is 0.971 bits per heavy atom. The summed E-state index contributed by atoms with van der Waals surface area (Å²) in [6.07, 6.45) is 0.436. The van der Waals surface area contributed by atoms with E-state index in [2.05, 4.69) is 5.32 Å². The van der Waals surface area contributed by atoms with Crippen LogP contribution in [0.15, 0.2) is 72.8 Å². The van der Waals surface area contributed by atoms with Gasteiger partial charge in [0, 0.05) is 35.8 Å². The van der Waals surface area contributed by atoms with E-state index in [9.17, 15) is 9.59 Å². The summed E-state index contributed by atoms with van der Waals surface area (Å²) in [4.78, 5) is 28.1. The molecule has 0 aliphatic rings. The van der Waals surface area contributed by atoms with Crippen LogP contribution in [0.4, 0.5) is 0 Å². The molecule has 34 heavy (non-hydrogen) atoms. The van der Waals surface area contributed by atoms with Crippen molar-refractivity contribution in [3.05, 3.63) is 105 Å². The van der Waals surface area contributed by atoms with Crippen molar-refractivity contribution in [2.45, 2.75) is 31.7 Å². The number of hydrogen-bond donors (Lipinski definition) is 1. The van der Waals surface area contributed by atoms with Gasteiger partial charge in [0.2, 0.25) is 11.8 Å². The summed E-state index contributed by atoms with van der Waals surface area (Å²) < 4.78 is 0. The minimum absolute atomic E-state index is 0.0962. The van der Waals surface area contributed by atoms with E-state index in [0.29, 0.717) is 28.8 Å². The number of amides is 2. The predicted molar refractivity (Wildman–Crippen MR) is 142 cm³/mol. The molecule has 0 fully saturated rings. The normalized spacial score (nSPS) is 11.6. The van der Waals surface area contributed by atoms with Gasteiger partial charge in [-0.2, -0.15) is 0 Å². The molecule has 0 radical (unpaired) electrons. The third-order valence-electron chi connectivity index (χ3n) is 5.45. The molecule has 0 aliphatic carbocycles. The zero-order valence-corrected chi connectivity index (χ0v) is 21.6. The van der Waals surface area contributed by atoms with Gasteiger partial charge in [0.05, 0.1) is 5.75 Å². The van der Waals surface area contributed by atoms with Crippen molar-refractivity contribution in [2.75, 3.05) is 12.8 Å². The zero-order valence-electron chi connectivity index (χ0n) is 19.3. The topological polar surface area (TPSA) is 49.4 Å². The van der Waals surface area contributed by atoms with Crippen LogP contribution >= 0.6 is 35.0 Å². The monoisotopic (exact) mass is 514 g/mol. The number of halogens is 2. The van der Waals surface area contributed by atoms with Crippen LogP contribution in [0.1, 0.15) is 22.3 Å². The predicted octanol–water partition coefficient (Wildman–Crippen LogP) is 5.92. The molecule has 0 bridgehead atoms. The lowest BCUT2D eigenvalue weighted by molar-refractivity contribution is -0.139. The summed E-state index contributed by atoms with van der Waals surface area (Å²) >= 11 is 13.7. The van der Waals surface area contributed by atoms with Gasteiger partial charge in [-0.3, -0.25) is 9.59 Å². The van der Waals surface area contributed by atoms with Gasteiger partial charge in [-0.05, 0) is 35.7 Å². The van der Waals surface area contributed by atoms with E-state index in [4.69, 9.17) is 23.2 Å². The number of nitrogens with one attached hydrogen (secondary N) is 1. The number of benzene rings is 3. The van der Waals surface area contributed by atoms with Crippen LogP contribution in [0.5, 0.6) is 0 Å². The van der Waals surface area contributed by atoms with Crippen molar-refractivity contribution < 1.29 is 9.59 Å². The van der Waals surface area contributed by atoms with Gasteiger partial charge in [-0.15, -0.1) is 11.8 Å². The highest BCUT2D eigenvalue weighted by molar-refractivity contribution is 7.99. The maximum absolute atomic E-state index is 13.5. The largest absolute Gasteiger partial charge is 0.357 e. The molecule has 3 rings (SSSR count). The molecule has 1 atom stereocenters. The molecular formula is C27H28Cl2N2O2S. The van der Waals surface area contributed by atoms with Gasteiger partial charge in [-0.1, -0.05) is 89.4 Å². The Morgan fingerprint density at radius 3 is 2.38 bits per heavy atom. The highest BCUT2D eigenvalue weighted by atomic mass is 35.5. The summed E-state index contributed by atoms with van der Waals surface area (Å²) in [5.41, 5.74) is 4.01. The van der Waals surface area contributed by atoms with Crippen molar-refractivity contribution >= 4 is 46.8 Å². The van der Waals surface area contributed by atoms with Crippen molar-refractivity contribution in [1.29, 1.82) is 0 Å². The molecule has 3 aromatic carbocycles. The molecule has 0 unspecified atom stereocenters. The number of likely N-dealkylation sites (N-methyl/N-ethyl adjacent to an activating group) is 1. The van der Waals surface area contributed by atoms with Gasteiger partial charge in [0.25, 0.3) is 0 Å². The Kier molecular flexibility index (Phi) is 9.87. The molecule has 0 aromatic heterocycles. The fourth-order valence-corrected chi connectivity index (χ4v) is 5.17. The SMILES string of the molecule is CNC(=O)[C@@H](Cc1ccccc1)N(Cc1cccc(C)c1)C(=O)CSCc1ccc(Cl)cc1Cl. The van der Waals surface area contributed by atoms with E-state index >= 15 is 0 Å². The van der Waals surface area contributed by atoms with Gasteiger partial charge >= 0.3 is 0 Å². The molecular weight excluding hydrogens is 487 g/mol. The van der Waals surface area contributed by atoms with Crippen LogP contribution < -0.4 is 5.32 Å². The summed E-state index contributed by atoms with van der Waals surface area (Å²) in [5, 5.41) is 3.90. The highest BCUT2D eigenvalue weighted by Crippen LogP contribution is 2.25. The third-order valence-corrected chi connectivity index (χ3v) is 7.00. The first-order chi connectivity index (χ1) is 16.4. The van der Waals surface area contributed by atoms with Crippen LogP contribution in [0.2, 0.25) is 10.0 Å². The molecule has 0 heterocycles. The van der Waals surface area contributed by atoms with Crippen LogP contribution in [-0.2, 0) is 28.3 Å². The van der Waals surface area contributed by atoms with Crippen molar-refractivity contribution in [1.82, 2.24) is 10.2 Å². The Balaban J connectivity index is 1.81. The number of carbonyl (C=O) groups excluding carboxylic acids is 2. The zero-order chi connectivity index (χ0) is 24.5. The number of aryl methyl sites for hydroxylation is 1. The van der Waals surface area contributed by atoms with E-state index < -0.39 is 6.04 Å². The number of thioether (sulfide) groups is 1. The standard InChI is InChI=1S/C27H28Cl2N2O2S/c1-19-7-6-10-21(13-19)16-31(25(27(33)30-2)14-20-8-4-3-5-9-20)26(32)18-34-17-22-11-12-23(28)15-24(22)29/h3-13,15,25H,14,16-18H2,1-2H3,(H,30,33)/t25-/m1/s1. The van der Waals surface area contributed by atoms with E-state index in [-0.39, 0.29) is 17.6 Å². The van der Waals surface area contributed by atoms with Crippen molar-refractivity contribution in [3.63, 3.8) is 0 Å². The quantitative estimate of drug-likeness (QED) is 0.365. The first kappa shape index (κ1) is 26.1. The number of hydrogen-bond acceptors (Lipinski definition) is 3. The lowest BCUT2D eigenvalue weighted by Gasteiger charge is -2.31. The van der Waals surface area contributed by atoms with Crippen LogP contribution in [-0.4, -0.2) is 35.6 Å². The molecule has 0 aliphatic heterocycles. The Bertz CT molecular complexity index is 1120. The van der Waals surface area contributed by atoms with Crippen LogP contribution in [0.3, 0.4) is 0 Å². The van der Waals surface area contributed by atoms with E-state index in [0.717, 1.165) is 22.3 Å². The molecule has 0 saturated carbocycles. The maximum atomic E-state index is 13.5. The summed E-state index contributed by atoms with van der Waals surface area (Å²) in [7, 11) is 1.60. The third kappa shape index (κ3) is 7.52. The van der Waals surface area contributed by atoms with Crippen molar-refractivity contribution in [3.8, 4) is 0 Å². The van der Waals surface area contributed by atoms with Crippen LogP contribution in [0.25, 0.3) is 0 Å². The van der Waals surface area contributed by atoms with Gasteiger partial charge in [-0.25, -0.2) is 0 Å². The number of carbonyl (C=O) groups is 2. The molecule has 178 valence electrons. The first-order valence-electron chi connectivity index (χ1n) is 11.0. The van der Waals surface area contributed by atoms with Crippen LogP contribution in [0, 0.1) is 6.92 Å². The van der Waals surface area contributed by atoms with Gasteiger partial charge in [0.1, 0.15) is 6.04 Å². The summed E-state index contributed by atoms with van der Waals surface area (Å²) in [6.45, 7) is 2.37. The molecule has 0 saturated heterocycles. The second-order valence-electron chi connectivity index (χ2n) is 8.06. The first-order valence-corrected chi connectivity index (χ1v) is 12.9. The van der Waals surface area contributed by atoms with E-state index in [1.54, 1.807) is 24.1 Å². The molecule has 4 nitrogen and oxygen atoms in total. The summed E-state index contributed by atoms with van der Waals surface area (Å²) in [6, 6.07) is 22.5. The Hall–Kier alpha value is -2.47. The molecule has 1 N–H and O–H groups in total. The molecule has 2 amide bonds. The van der Waals surface area contributed by atoms with E-state index in [1.807, 2.05) is 67.6 Å². The minimum atomic E-state index is -0.625. The lowest BCUT2D eigenvalue weighted by atomic mass is 10.0. The summed E-state index contributed by atoms with van der Waals surface area (Å²) in [5.74, 6) is 0.521. The maximum Gasteiger partial charge on any atom is 0.242 e. The Labute approximate surface area is 215 Å². The average Bonchev–Trinajstić information content (AvgIpc) is 2.83. The second-order valence-corrected chi connectivity index (χ2v) is 9.89. The average molecular weight is 516 g/mol. The smallest absolute Gasteiger partial charge is 0.242 e. The highest BCUT2D eigenvalue weighted by Gasteiger charge is 2.29. The van der Waals surface area contributed by atoms with Gasteiger partial charge < -0.3 is 10.2 Å². The molecule has 7 heteroatoms. The Morgan fingerprint density at radius 2 is 1.71 bits per heavy atom. The number of nitrogens with zero attached hydrogens (tertiary/aromatic N) is 1. The minimum Gasteiger partial charge on any atom is -0.357 e. The molecule has 0 spiro atoms.